The normalized spacial score (nSPS) is 12.2. The molecule has 1 aliphatic rings. The van der Waals surface area contributed by atoms with Crippen molar-refractivity contribution in [3.8, 4) is 0 Å². The van der Waals surface area contributed by atoms with E-state index in [0.29, 0.717) is 42.1 Å². The van der Waals surface area contributed by atoms with Gasteiger partial charge < -0.3 is 28.8 Å². The van der Waals surface area contributed by atoms with E-state index in [9.17, 15) is 19.2 Å². The van der Waals surface area contributed by atoms with E-state index in [1.54, 1.807) is 27.7 Å². The minimum Gasteiger partial charge on any atom is -0.466 e. The quantitative estimate of drug-likeness (QED) is 0.144. The lowest BCUT2D eigenvalue weighted by Crippen LogP contribution is -2.09. The van der Waals surface area contributed by atoms with Crippen LogP contribution in [0.4, 0.5) is 0 Å². The first-order chi connectivity index (χ1) is 16.7. The summed E-state index contributed by atoms with van der Waals surface area (Å²) < 4.78 is 23.1. The lowest BCUT2D eigenvalue weighted by Gasteiger charge is -2.01. The monoisotopic (exact) mass is 514 g/mol. The topological polar surface area (TPSA) is 138 Å². The number of carbonyl (C=O) groups is 4. The number of unbranched alkanes of at least 4 members (excludes halogenated alkanes) is 1. The average molecular weight is 515 g/mol. The van der Waals surface area contributed by atoms with Gasteiger partial charge in [-0.1, -0.05) is 39.7 Å². The number of aliphatic hydroxyl groups excluding tert-OH is 1. The summed E-state index contributed by atoms with van der Waals surface area (Å²) in [7, 11) is 1.33. The van der Waals surface area contributed by atoms with Crippen LogP contribution in [0, 0.1) is 0 Å². The predicted molar refractivity (Wildman–Crippen MR) is 136 cm³/mol. The summed E-state index contributed by atoms with van der Waals surface area (Å²) in [6.45, 7) is 23.6. The number of methoxy groups -OCH3 is 1. The molecule has 0 aromatic heterocycles. The Morgan fingerprint density at radius 2 is 1.17 bits per heavy atom. The number of esters is 4. The molecular weight excluding hydrogens is 472 g/mol. The van der Waals surface area contributed by atoms with Crippen LogP contribution in [0.2, 0.25) is 0 Å². The zero-order chi connectivity index (χ0) is 28.7. The van der Waals surface area contributed by atoms with Gasteiger partial charge in [0.15, 0.2) is 0 Å². The predicted octanol–water partition coefficient (Wildman–Crippen LogP) is 3.24. The number of hydrogen-bond donors (Lipinski definition) is 1. The largest absolute Gasteiger partial charge is 0.466 e. The van der Waals surface area contributed by atoms with Crippen molar-refractivity contribution in [1.82, 2.24) is 0 Å². The minimum absolute atomic E-state index is 0.0473. The number of rotatable bonds is 11. The van der Waals surface area contributed by atoms with E-state index in [0.717, 1.165) is 12.8 Å². The molecule has 0 aliphatic carbocycles. The van der Waals surface area contributed by atoms with Crippen LogP contribution in [0.15, 0.2) is 48.6 Å². The lowest BCUT2D eigenvalue weighted by atomic mass is 10.3. The maximum Gasteiger partial charge on any atom is 0.333 e. The van der Waals surface area contributed by atoms with Gasteiger partial charge in [0.2, 0.25) is 0 Å². The Kier molecular flexibility index (Phi) is 24.4. The smallest absolute Gasteiger partial charge is 0.333 e. The van der Waals surface area contributed by atoms with Crippen LogP contribution >= 0.6 is 0 Å². The lowest BCUT2D eigenvalue weighted by molar-refractivity contribution is -0.140. The molecule has 36 heavy (non-hydrogen) atoms. The molecule has 10 nitrogen and oxygen atoms in total. The Morgan fingerprint density at radius 3 is 1.44 bits per heavy atom. The molecule has 0 amide bonds. The third-order valence-electron chi connectivity index (χ3n) is 3.44. The second kappa shape index (κ2) is 23.5. The van der Waals surface area contributed by atoms with Gasteiger partial charge in [-0.2, -0.15) is 0 Å². The van der Waals surface area contributed by atoms with Crippen molar-refractivity contribution in [2.75, 3.05) is 40.1 Å². The zero-order valence-corrected chi connectivity index (χ0v) is 22.5. The van der Waals surface area contributed by atoms with E-state index in [4.69, 9.17) is 19.3 Å². The fourth-order valence-electron chi connectivity index (χ4n) is 1.32. The van der Waals surface area contributed by atoms with Gasteiger partial charge in [0.05, 0.1) is 26.9 Å². The zero-order valence-electron chi connectivity index (χ0n) is 22.5. The number of epoxide rings is 1. The van der Waals surface area contributed by atoms with Crippen LogP contribution in [-0.4, -0.2) is 75.2 Å². The minimum atomic E-state index is -0.455. The number of ether oxygens (including phenoxy) is 5. The van der Waals surface area contributed by atoms with E-state index in [-0.39, 0.29) is 37.2 Å². The molecule has 1 unspecified atom stereocenters. The number of carbonyl (C=O) groups excluding carboxylic acids is 4. The Labute approximate surface area is 214 Å². The Bertz CT molecular complexity index is 748. The van der Waals surface area contributed by atoms with E-state index < -0.39 is 5.97 Å². The molecular formula is C26H42O10. The van der Waals surface area contributed by atoms with Crippen LogP contribution < -0.4 is 0 Å². The fourth-order valence-corrected chi connectivity index (χ4v) is 1.32. The molecule has 1 fully saturated rings. The van der Waals surface area contributed by atoms with Crippen LogP contribution in [0.25, 0.3) is 0 Å². The molecule has 0 aromatic carbocycles. The maximum atomic E-state index is 10.7. The van der Waals surface area contributed by atoms with Crippen molar-refractivity contribution in [2.24, 2.45) is 0 Å². The highest BCUT2D eigenvalue weighted by Crippen LogP contribution is 2.09. The molecule has 1 saturated heterocycles. The molecule has 1 N–H and O–H groups in total. The van der Waals surface area contributed by atoms with Gasteiger partial charge in [-0.15, -0.1) is 0 Å². The van der Waals surface area contributed by atoms with Crippen molar-refractivity contribution in [3.63, 3.8) is 0 Å². The first kappa shape index (κ1) is 37.3. The first-order valence-electron chi connectivity index (χ1n) is 11.2. The van der Waals surface area contributed by atoms with Gasteiger partial charge in [-0.25, -0.2) is 19.2 Å². The highest BCUT2D eigenvalue weighted by molar-refractivity contribution is 5.88. The van der Waals surface area contributed by atoms with Gasteiger partial charge in [0.1, 0.15) is 19.3 Å². The molecule has 0 bridgehead atoms. The van der Waals surface area contributed by atoms with Gasteiger partial charge in [0.25, 0.3) is 0 Å². The van der Waals surface area contributed by atoms with Crippen molar-refractivity contribution in [3.05, 3.63) is 48.6 Å². The molecule has 1 atom stereocenters. The summed E-state index contributed by atoms with van der Waals surface area (Å²) >= 11 is 0. The molecule has 0 aromatic rings. The van der Waals surface area contributed by atoms with Crippen LogP contribution in [0.5, 0.6) is 0 Å². The molecule has 206 valence electrons. The molecule has 10 heteroatoms. The molecule has 1 rings (SSSR count). The van der Waals surface area contributed by atoms with E-state index >= 15 is 0 Å². The summed E-state index contributed by atoms with van der Waals surface area (Å²) in [5.74, 6) is -1.42. The van der Waals surface area contributed by atoms with Crippen LogP contribution in [0.1, 0.15) is 47.5 Å². The highest BCUT2D eigenvalue weighted by Gasteiger charge is 2.24. The van der Waals surface area contributed by atoms with E-state index in [1.165, 1.54) is 7.11 Å². The number of hydrogen-bond acceptors (Lipinski definition) is 10. The second-order valence-electron chi connectivity index (χ2n) is 7.52. The Morgan fingerprint density at radius 1 is 0.778 bits per heavy atom. The molecule has 0 spiro atoms. The summed E-state index contributed by atoms with van der Waals surface area (Å²) in [5, 5.41) is 8.19. The summed E-state index contributed by atoms with van der Waals surface area (Å²) in [4.78, 5) is 42.1. The maximum absolute atomic E-state index is 10.7. The van der Waals surface area contributed by atoms with E-state index in [1.807, 2.05) is 0 Å². The molecule has 1 aliphatic heterocycles. The second-order valence-corrected chi connectivity index (χ2v) is 7.52. The molecule has 0 radical (unpaired) electrons. The number of aliphatic hydroxyl groups is 1. The van der Waals surface area contributed by atoms with Gasteiger partial charge in [-0.3, -0.25) is 0 Å². The standard InChI is InChI=1S/C8H14O2.C7H10O3.C6H10O3.C5H8O2/c1-4-5-6-10-8(9)7(2)3;1-5(2)7(8)10-4-6-3-9-6;1-5(2)6(8)9-4-3-7;1-4(2)5(6)7-3/h2,4-6H2,1,3H3;6H,1,3-4H2,2H3;7H,1,3-4H2,2H3;1H2,2-3H3. The van der Waals surface area contributed by atoms with Gasteiger partial charge in [-0.05, 0) is 34.1 Å². The van der Waals surface area contributed by atoms with Crippen LogP contribution in [0.3, 0.4) is 0 Å². The Hall–Kier alpha value is -3.24. The van der Waals surface area contributed by atoms with Crippen molar-refractivity contribution in [1.29, 1.82) is 0 Å². The Balaban J connectivity index is -0.000000407. The molecule has 0 saturated carbocycles. The third kappa shape index (κ3) is 27.0. The fraction of sp³-hybridized carbons (Fsp3) is 0.538. The van der Waals surface area contributed by atoms with Gasteiger partial charge in [0, 0.05) is 22.3 Å². The summed E-state index contributed by atoms with van der Waals surface area (Å²) in [5.41, 5.74) is 1.68. The SMILES string of the molecule is C=C(C)C(=O)OC.C=C(C)C(=O)OCC1CO1.C=C(C)C(=O)OCCCC.C=C(C)C(=O)OCCO. The van der Waals surface area contributed by atoms with E-state index in [2.05, 4.69) is 42.7 Å². The van der Waals surface area contributed by atoms with Crippen molar-refractivity contribution < 1.29 is 48.0 Å². The summed E-state index contributed by atoms with van der Waals surface area (Å²) in [6.07, 6.45) is 2.12. The van der Waals surface area contributed by atoms with Gasteiger partial charge >= 0.3 is 23.9 Å². The molecule has 1 heterocycles. The van der Waals surface area contributed by atoms with Crippen molar-refractivity contribution >= 4 is 23.9 Å². The summed E-state index contributed by atoms with van der Waals surface area (Å²) in [6, 6.07) is 0. The first-order valence-corrected chi connectivity index (χ1v) is 11.2. The average Bonchev–Trinajstić information content (AvgIpc) is 3.66. The van der Waals surface area contributed by atoms with Crippen molar-refractivity contribution in [2.45, 2.75) is 53.6 Å². The third-order valence-corrected chi connectivity index (χ3v) is 3.44. The van der Waals surface area contributed by atoms with Crippen LogP contribution in [-0.2, 0) is 42.9 Å². The highest BCUT2D eigenvalue weighted by atomic mass is 16.6.